The number of hydrogen-bond acceptors (Lipinski definition) is 7. The minimum atomic E-state index is -1.07. The molecule has 2 atom stereocenters. The summed E-state index contributed by atoms with van der Waals surface area (Å²) in [7, 11) is 1.24. The fourth-order valence-corrected chi connectivity index (χ4v) is 4.57. The Bertz CT molecular complexity index is 1200. The van der Waals surface area contributed by atoms with Crippen LogP contribution < -0.4 is 10.2 Å². The van der Waals surface area contributed by atoms with Crippen LogP contribution in [0.15, 0.2) is 54.6 Å². The van der Waals surface area contributed by atoms with Gasteiger partial charge >= 0.3 is 24.2 Å². The van der Waals surface area contributed by atoms with Crippen molar-refractivity contribution in [1.29, 1.82) is 0 Å². The number of esters is 1. The number of fused-ring (bicyclic) bond motifs is 1. The Balaban J connectivity index is 1.39. The fourth-order valence-electron chi connectivity index (χ4n) is 4.57. The highest BCUT2D eigenvalue weighted by molar-refractivity contribution is 5.95. The Morgan fingerprint density at radius 1 is 1.00 bits per heavy atom. The number of methoxy groups -OCH3 is 1. The van der Waals surface area contributed by atoms with Crippen molar-refractivity contribution in [2.75, 3.05) is 38.2 Å². The lowest BCUT2D eigenvalue weighted by Gasteiger charge is -2.35. The molecule has 2 saturated heterocycles. The van der Waals surface area contributed by atoms with Gasteiger partial charge in [0, 0.05) is 31.9 Å². The predicted molar refractivity (Wildman–Crippen MR) is 142 cm³/mol. The molecule has 1 N–H and O–H groups in total. The highest BCUT2D eigenvalue weighted by Crippen LogP contribution is 2.28. The average Bonchev–Trinajstić information content (AvgIpc) is 3.25. The molecule has 0 aromatic heterocycles. The number of carbonyl (C=O) groups excluding carboxylic acids is 4. The van der Waals surface area contributed by atoms with Crippen LogP contribution >= 0.6 is 0 Å². The first-order valence-electron chi connectivity index (χ1n) is 12.8. The lowest BCUT2D eigenvalue weighted by Crippen LogP contribution is -2.53. The van der Waals surface area contributed by atoms with Crippen LogP contribution in [0.5, 0.6) is 0 Å². The van der Waals surface area contributed by atoms with E-state index in [0.29, 0.717) is 37.4 Å². The molecule has 0 radical (unpaired) electrons. The number of rotatable bonds is 6. The van der Waals surface area contributed by atoms with Crippen molar-refractivity contribution in [2.45, 2.75) is 45.1 Å². The number of benzene rings is 2. The number of nitrogens with one attached hydrogen (secondary N) is 1. The van der Waals surface area contributed by atoms with E-state index in [-0.39, 0.29) is 18.7 Å². The number of carbonyl (C=O) groups is 4. The second-order valence-electron chi connectivity index (χ2n) is 10.4. The summed E-state index contributed by atoms with van der Waals surface area (Å²) < 4.78 is 15.6. The monoisotopic (exact) mass is 538 g/mol. The summed E-state index contributed by atoms with van der Waals surface area (Å²) in [6, 6.07) is 14.8. The summed E-state index contributed by atoms with van der Waals surface area (Å²) >= 11 is 0. The van der Waals surface area contributed by atoms with Crippen LogP contribution in [-0.2, 0) is 25.6 Å². The summed E-state index contributed by atoms with van der Waals surface area (Å²) in [6.07, 6.45) is -1.15. The number of ether oxygens (including phenoxy) is 3. The zero-order valence-electron chi connectivity index (χ0n) is 22.6. The smallest absolute Gasteiger partial charge is 0.410 e. The number of hydrogen-bond donors (Lipinski definition) is 1. The zero-order chi connectivity index (χ0) is 28.2. The van der Waals surface area contributed by atoms with E-state index in [4.69, 9.17) is 14.2 Å². The Morgan fingerprint density at radius 3 is 2.33 bits per heavy atom. The van der Waals surface area contributed by atoms with Crippen molar-refractivity contribution in [3.05, 3.63) is 65.7 Å². The lowest BCUT2D eigenvalue weighted by atomic mass is 10.1. The van der Waals surface area contributed by atoms with Crippen molar-refractivity contribution in [1.82, 2.24) is 15.1 Å². The van der Waals surface area contributed by atoms with Gasteiger partial charge < -0.3 is 29.3 Å². The lowest BCUT2D eigenvalue weighted by molar-refractivity contribution is -0.143. The number of urea groups is 1. The summed E-state index contributed by atoms with van der Waals surface area (Å²) in [5, 5.41) is 2.54. The minimum absolute atomic E-state index is 0.151. The Hall–Kier alpha value is -4.28. The maximum absolute atomic E-state index is 13.1. The van der Waals surface area contributed by atoms with Crippen LogP contribution in [-0.4, -0.2) is 78.9 Å². The molecular weight excluding hydrogens is 504 g/mol. The molecule has 11 heteroatoms. The maximum Gasteiger partial charge on any atom is 0.410 e. The molecular formula is C28H34N4O7. The summed E-state index contributed by atoms with van der Waals surface area (Å²) in [4.78, 5) is 55.5. The third kappa shape index (κ3) is 6.78. The van der Waals surface area contributed by atoms with Crippen LogP contribution in [0.25, 0.3) is 0 Å². The highest BCUT2D eigenvalue weighted by Gasteiger charge is 2.42. The highest BCUT2D eigenvalue weighted by atomic mass is 16.6. The van der Waals surface area contributed by atoms with Gasteiger partial charge in [0.1, 0.15) is 12.2 Å². The van der Waals surface area contributed by atoms with Crippen molar-refractivity contribution in [3.8, 4) is 0 Å². The van der Waals surface area contributed by atoms with Gasteiger partial charge in [0.15, 0.2) is 6.04 Å². The summed E-state index contributed by atoms with van der Waals surface area (Å²) in [5.41, 5.74) is 1.29. The fraction of sp³-hybridized carbons (Fsp3) is 0.429. The standard InChI is InChI=1S/C28H34N4O7/c1-28(2,3)39-25(34)29-23(24(33)37-4)20-10-12-21(13-11-20)32-17-22-16-30(14-15-31(22)26(32)35)27(36)38-18-19-8-6-5-7-9-19/h5-13,22-23H,14-18H2,1-4H3,(H,29,34)/t22-,23?/m0/s1. The molecule has 0 bridgehead atoms. The van der Waals surface area contributed by atoms with E-state index < -0.39 is 29.8 Å². The number of amides is 4. The van der Waals surface area contributed by atoms with Gasteiger partial charge in [-0.1, -0.05) is 42.5 Å². The van der Waals surface area contributed by atoms with E-state index in [1.807, 2.05) is 30.3 Å². The molecule has 2 fully saturated rings. The Kier molecular flexibility index (Phi) is 8.27. The molecule has 4 amide bonds. The van der Waals surface area contributed by atoms with E-state index in [9.17, 15) is 19.2 Å². The second kappa shape index (κ2) is 11.6. The largest absolute Gasteiger partial charge is 0.467 e. The van der Waals surface area contributed by atoms with Gasteiger partial charge in [0.25, 0.3) is 0 Å². The average molecular weight is 539 g/mol. The third-order valence-electron chi connectivity index (χ3n) is 6.45. The second-order valence-corrected chi connectivity index (χ2v) is 10.4. The van der Waals surface area contributed by atoms with Crippen LogP contribution in [0.1, 0.15) is 37.9 Å². The van der Waals surface area contributed by atoms with E-state index >= 15 is 0 Å². The van der Waals surface area contributed by atoms with Gasteiger partial charge in [0.2, 0.25) is 0 Å². The first-order chi connectivity index (χ1) is 18.6. The van der Waals surface area contributed by atoms with Gasteiger partial charge in [-0.2, -0.15) is 0 Å². The third-order valence-corrected chi connectivity index (χ3v) is 6.45. The molecule has 0 aliphatic carbocycles. The quantitative estimate of drug-likeness (QED) is 0.440. The molecule has 2 aliphatic rings. The maximum atomic E-state index is 13.1. The van der Waals surface area contributed by atoms with Crippen molar-refractivity contribution >= 4 is 29.9 Å². The molecule has 1 unspecified atom stereocenters. The van der Waals surface area contributed by atoms with Gasteiger partial charge in [-0.05, 0) is 44.0 Å². The first kappa shape index (κ1) is 27.7. The topological polar surface area (TPSA) is 118 Å². The molecule has 2 aliphatic heterocycles. The number of alkyl carbamates (subject to hydrolysis) is 1. The Morgan fingerprint density at radius 2 is 1.69 bits per heavy atom. The predicted octanol–water partition coefficient (Wildman–Crippen LogP) is 3.69. The zero-order valence-corrected chi connectivity index (χ0v) is 22.6. The van der Waals surface area contributed by atoms with Gasteiger partial charge in [-0.25, -0.2) is 19.2 Å². The van der Waals surface area contributed by atoms with Crippen LogP contribution in [0, 0.1) is 0 Å². The number of anilines is 1. The van der Waals surface area contributed by atoms with E-state index in [1.54, 1.807) is 59.7 Å². The van der Waals surface area contributed by atoms with Crippen molar-refractivity contribution in [2.24, 2.45) is 0 Å². The molecule has 208 valence electrons. The first-order valence-corrected chi connectivity index (χ1v) is 12.8. The molecule has 2 heterocycles. The number of piperazine rings is 1. The Labute approximate surface area is 227 Å². The molecule has 39 heavy (non-hydrogen) atoms. The SMILES string of the molecule is COC(=O)C(NC(=O)OC(C)(C)C)c1ccc(N2C[C@@H]3CN(C(=O)OCc4ccccc4)CCN3C2=O)cc1. The molecule has 2 aromatic rings. The normalized spacial score (nSPS) is 17.8. The van der Waals surface area contributed by atoms with Gasteiger partial charge in [-0.15, -0.1) is 0 Å². The molecule has 4 rings (SSSR count). The number of nitrogens with zero attached hydrogens (tertiary/aromatic N) is 3. The van der Waals surface area contributed by atoms with E-state index in [1.165, 1.54) is 7.11 Å². The van der Waals surface area contributed by atoms with E-state index in [0.717, 1.165) is 5.56 Å². The van der Waals surface area contributed by atoms with Gasteiger partial charge in [0.05, 0.1) is 13.2 Å². The molecule has 0 spiro atoms. The molecule has 2 aromatic carbocycles. The molecule has 0 saturated carbocycles. The van der Waals surface area contributed by atoms with Crippen molar-refractivity contribution < 1.29 is 33.4 Å². The van der Waals surface area contributed by atoms with Crippen LogP contribution in [0.2, 0.25) is 0 Å². The summed E-state index contributed by atoms with van der Waals surface area (Å²) in [6.45, 7) is 6.93. The van der Waals surface area contributed by atoms with Gasteiger partial charge in [-0.3, -0.25) is 4.90 Å². The molecule has 11 nitrogen and oxygen atoms in total. The van der Waals surface area contributed by atoms with Crippen LogP contribution in [0.3, 0.4) is 0 Å². The van der Waals surface area contributed by atoms with Crippen LogP contribution in [0.4, 0.5) is 20.1 Å². The summed E-state index contributed by atoms with van der Waals surface area (Å²) in [5.74, 6) is -0.651. The van der Waals surface area contributed by atoms with E-state index in [2.05, 4.69) is 5.32 Å². The van der Waals surface area contributed by atoms with Crippen molar-refractivity contribution in [3.63, 3.8) is 0 Å². The minimum Gasteiger partial charge on any atom is -0.467 e.